The van der Waals surface area contributed by atoms with Crippen LogP contribution >= 0.6 is 0 Å². The molecule has 0 heterocycles. The average molecular weight is 366 g/mol. The van der Waals surface area contributed by atoms with E-state index >= 15 is 0 Å². The van der Waals surface area contributed by atoms with Gasteiger partial charge in [-0.15, -0.1) is 0 Å². The van der Waals surface area contributed by atoms with E-state index in [4.69, 9.17) is 9.57 Å². The Balaban J connectivity index is 2.07. The largest absolute Gasteiger partial charge is 0.490 e. The van der Waals surface area contributed by atoms with Crippen LogP contribution in [0.5, 0.6) is 5.75 Å². The molecule has 0 aliphatic heterocycles. The van der Waals surface area contributed by atoms with Crippen molar-refractivity contribution in [3.05, 3.63) is 64.2 Å². The van der Waals surface area contributed by atoms with Crippen LogP contribution in [0.2, 0.25) is 0 Å². The third-order valence-corrected chi connectivity index (χ3v) is 4.14. The quantitative estimate of drug-likeness (QED) is 0.557. The molecule has 2 rings (SSSR count). The molecule has 1 N–H and O–H groups in total. The van der Waals surface area contributed by atoms with Crippen LogP contribution in [-0.2, 0) is 24.5 Å². The van der Waals surface area contributed by atoms with Crippen LogP contribution in [0.1, 0.15) is 55.5 Å². The highest BCUT2D eigenvalue weighted by Crippen LogP contribution is 2.21. The maximum Gasteiger partial charge on any atom is 0.142 e. The van der Waals surface area contributed by atoms with Crippen LogP contribution < -0.4 is 4.74 Å². The van der Waals surface area contributed by atoms with E-state index in [1.165, 1.54) is 0 Å². The van der Waals surface area contributed by atoms with Gasteiger partial charge in [0.25, 0.3) is 0 Å². The van der Waals surface area contributed by atoms with Gasteiger partial charge in [0, 0.05) is 0 Å². The van der Waals surface area contributed by atoms with Crippen molar-refractivity contribution < 1.29 is 14.7 Å². The number of ether oxygens (including phenoxy) is 1. The Labute approximate surface area is 160 Å². The lowest BCUT2D eigenvalue weighted by Crippen LogP contribution is -2.07. The van der Waals surface area contributed by atoms with E-state index in [9.17, 15) is 10.4 Å². The minimum Gasteiger partial charge on any atom is -0.490 e. The second-order valence-corrected chi connectivity index (χ2v) is 6.55. The van der Waals surface area contributed by atoms with Crippen molar-refractivity contribution in [2.75, 3.05) is 0 Å². The predicted octanol–water partition coefficient (Wildman–Crippen LogP) is 4.34. The van der Waals surface area contributed by atoms with Crippen molar-refractivity contribution in [2.24, 2.45) is 5.16 Å². The fraction of sp³-hybridized carbons (Fsp3) is 0.364. The van der Waals surface area contributed by atoms with Crippen molar-refractivity contribution in [2.45, 2.75) is 53.4 Å². The number of oxime groups is 1. The molecule has 0 spiro atoms. The molecular weight excluding hydrogens is 340 g/mol. The standard InChI is InChI=1S/C22H26N2O3/c1-5-18-11-19(7-8-20(18)13-25)16(4)24-26-14-17-6-9-22(27-15(2)3)21(10-17)12-23/h6-11,15,25H,5,13-14H2,1-4H3/b24-16+. The van der Waals surface area contributed by atoms with Crippen LogP contribution in [0.25, 0.3) is 0 Å². The smallest absolute Gasteiger partial charge is 0.142 e. The lowest BCUT2D eigenvalue weighted by Gasteiger charge is -2.12. The zero-order valence-corrected chi connectivity index (χ0v) is 16.3. The summed E-state index contributed by atoms with van der Waals surface area (Å²) in [4.78, 5) is 5.47. The summed E-state index contributed by atoms with van der Waals surface area (Å²) in [6, 6.07) is 13.4. The van der Waals surface area contributed by atoms with E-state index in [0.29, 0.717) is 11.3 Å². The van der Waals surface area contributed by atoms with Crippen LogP contribution in [-0.4, -0.2) is 16.9 Å². The zero-order valence-electron chi connectivity index (χ0n) is 16.3. The molecule has 0 aromatic heterocycles. The van der Waals surface area contributed by atoms with Gasteiger partial charge in [-0.25, -0.2) is 0 Å². The normalized spacial score (nSPS) is 11.4. The molecule has 0 fully saturated rings. The first kappa shape index (κ1) is 20.5. The number of benzene rings is 2. The van der Waals surface area contributed by atoms with Gasteiger partial charge in [-0.2, -0.15) is 5.26 Å². The summed E-state index contributed by atoms with van der Waals surface area (Å²) in [6.07, 6.45) is 0.858. The Morgan fingerprint density at radius 2 is 1.96 bits per heavy atom. The summed E-state index contributed by atoms with van der Waals surface area (Å²) in [6.45, 7) is 8.09. The maximum absolute atomic E-state index is 9.37. The molecule has 0 amide bonds. The number of rotatable bonds is 8. The van der Waals surface area contributed by atoms with Crippen LogP contribution in [0.3, 0.4) is 0 Å². The highest BCUT2D eigenvalue weighted by atomic mass is 16.6. The van der Waals surface area contributed by atoms with Gasteiger partial charge in [-0.3, -0.25) is 0 Å². The third kappa shape index (κ3) is 5.57. The Morgan fingerprint density at radius 1 is 1.19 bits per heavy atom. The molecule has 27 heavy (non-hydrogen) atoms. The summed E-state index contributed by atoms with van der Waals surface area (Å²) in [5, 5.41) is 22.9. The molecule has 0 saturated carbocycles. The summed E-state index contributed by atoms with van der Waals surface area (Å²) in [5.74, 6) is 0.576. The van der Waals surface area contributed by atoms with Gasteiger partial charge in [0.1, 0.15) is 18.4 Å². The van der Waals surface area contributed by atoms with Gasteiger partial charge < -0.3 is 14.7 Å². The Morgan fingerprint density at radius 3 is 2.59 bits per heavy atom. The third-order valence-electron chi connectivity index (χ3n) is 4.14. The molecule has 0 atom stereocenters. The van der Waals surface area contributed by atoms with Crippen molar-refractivity contribution >= 4 is 5.71 Å². The van der Waals surface area contributed by atoms with Gasteiger partial charge in [-0.1, -0.05) is 30.3 Å². The first-order chi connectivity index (χ1) is 13.0. The molecular formula is C22H26N2O3. The highest BCUT2D eigenvalue weighted by molar-refractivity contribution is 5.98. The van der Waals surface area contributed by atoms with Crippen LogP contribution in [0.4, 0.5) is 0 Å². The number of aryl methyl sites for hydroxylation is 1. The fourth-order valence-corrected chi connectivity index (χ4v) is 2.70. The summed E-state index contributed by atoms with van der Waals surface area (Å²) in [7, 11) is 0. The molecule has 5 heteroatoms. The zero-order chi connectivity index (χ0) is 19.8. The second kappa shape index (κ2) is 9.75. The molecule has 2 aromatic carbocycles. The molecule has 0 radical (unpaired) electrons. The van der Waals surface area contributed by atoms with Crippen molar-refractivity contribution in [1.29, 1.82) is 5.26 Å². The average Bonchev–Trinajstić information content (AvgIpc) is 2.67. The Bertz CT molecular complexity index is 851. The van der Waals surface area contributed by atoms with Crippen molar-refractivity contribution in [1.82, 2.24) is 0 Å². The molecule has 142 valence electrons. The first-order valence-corrected chi connectivity index (χ1v) is 9.07. The topological polar surface area (TPSA) is 74.8 Å². The monoisotopic (exact) mass is 366 g/mol. The van der Waals surface area contributed by atoms with E-state index in [-0.39, 0.29) is 19.3 Å². The minimum atomic E-state index is 0.0108. The van der Waals surface area contributed by atoms with E-state index in [1.807, 2.05) is 45.0 Å². The van der Waals surface area contributed by atoms with Gasteiger partial charge in [-0.05, 0) is 67.6 Å². The maximum atomic E-state index is 9.37. The lowest BCUT2D eigenvalue weighted by molar-refractivity contribution is 0.130. The summed E-state index contributed by atoms with van der Waals surface area (Å²) < 4.78 is 5.62. The van der Waals surface area contributed by atoms with Crippen molar-refractivity contribution in [3.63, 3.8) is 0 Å². The Hall–Kier alpha value is -2.84. The second-order valence-electron chi connectivity index (χ2n) is 6.55. The molecule has 2 aromatic rings. The number of aliphatic hydroxyl groups is 1. The minimum absolute atomic E-state index is 0.0108. The number of aliphatic hydroxyl groups excluding tert-OH is 1. The summed E-state index contributed by atoms with van der Waals surface area (Å²) in [5.41, 5.74) is 5.09. The molecule has 0 aliphatic carbocycles. The molecule has 0 aliphatic rings. The summed E-state index contributed by atoms with van der Waals surface area (Å²) >= 11 is 0. The highest BCUT2D eigenvalue weighted by Gasteiger charge is 2.08. The van der Waals surface area contributed by atoms with Gasteiger partial charge in [0.2, 0.25) is 0 Å². The van der Waals surface area contributed by atoms with Gasteiger partial charge >= 0.3 is 0 Å². The predicted molar refractivity (Wildman–Crippen MR) is 106 cm³/mol. The molecule has 0 saturated heterocycles. The number of nitrogens with zero attached hydrogens (tertiary/aromatic N) is 2. The van der Waals surface area contributed by atoms with E-state index in [2.05, 4.69) is 18.1 Å². The van der Waals surface area contributed by atoms with E-state index in [0.717, 1.165) is 34.4 Å². The molecule has 0 bridgehead atoms. The van der Waals surface area contributed by atoms with Crippen molar-refractivity contribution in [3.8, 4) is 11.8 Å². The van der Waals surface area contributed by atoms with Crippen LogP contribution in [0, 0.1) is 11.3 Å². The fourth-order valence-electron chi connectivity index (χ4n) is 2.70. The van der Waals surface area contributed by atoms with Crippen LogP contribution in [0.15, 0.2) is 41.6 Å². The number of hydrogen-bond donors (Lipinski definition) is 1. The van der Waals surface area contributed by atoms with E-state index in [1.54, 1.807) is 12.1 Å². The van der Waals surface area contributed by atoms with Gasteiger partial charge in [0.15, 0.2) is 0 Å². The van der Waals surface area contributed by atoms with E-state index < -0.39 is 0 Å². The lowest BCUT2D eigenvalue weighted by atomic mass is 10.0. The SMILES string of the molecule is CCc1cc(/C(C)=N/OCc2ccc(OC(C)C)c(C#N)c2)ccc1CO. The number of hydrogen-bond acceptors (Lipinski definition) is 5. The molecule has 5 nitrogen and oxygen atoms in total. The van der Waals surface area contributed by atoms with Gasteiger partial charge in [0.05, 0.1) is 24.0 Å². The number of nitriles is 1. The molecule has 0 unspecified atom stereocenters. The Kier molecular flexibility index (Phi) is 7.39. The first-order valence-electron chi connectivity index (χ1n) is 9.07.